The van der Waals surface area contributed by atoms with Gasteiger partial charge in [-0.25, -0.2) is 4.98 Å². The third-order valence-electron chi connectivity index (χ3n) is 27.0. The lowest BCUT2D eigenvalue weighted by Crippen LogP contribution is -2.04. The summed E-state index contributed by atoms with van der Waals surface area (Å²) in [5, 5.41) is 7.07. The van der Waals surface area contributed by atoms with Crippen molar-refractivity contribution in [2.45, 2.75) is 23.7 Å². The number of furan rings is 2. The third-order valence-corrected chi connectivity index (χ3v) is 27.0. The van der Waals surface area contributed by atoms with Gasteiger partial charge in [-0.3, -0.25) is 17.9 Å². The molecule has 0 amide bonds. The molecular weight excluding hydrogens is 1670 g/mol. The molecule has 7 aromatic heterocycles. The number of benzene rings is 20. The monoisotopic (exact) mass is 1760 g/mol. The molecule has 20 aromatic carbocycles. The highest BCUT2D eigenvalue weighted by atomic mass is 16.3. The van der Waals surface area contributed by atoms with E-state index in [-0.39, 0.29) is 23.7 Å². The fraction of sp³-hybridized carbons (Fsp3) is 0.0310. The van der Waals surface area contributed by atoms with E-state index >= 15 is 0 Å². The van der Waals surface area contributed by atoms with Gasteiger partial charge in [-0.2, -0.15) is 0 Å². The van der Waals surface area contributed by atoms with Crippen LogP contribution in [0.4, 0.5) is 0 Å². The molecule has 0 aliphatic carbocycles. The van der Waals surface area contributed by atoms with Crippen LogP contribution in [0.3, 0.4) is 0 Å². The molecule has 27 aromatic rings. The predicted octanol–water partition coefficient (Wildman–Crippen LogP) is 33.4. The van der Waals surface area contributed by atoms with Gasteiger partial charge >= 0.3 is 0 Å². The standard InChI is InChI=1S/2C33H23NO.C32H23N3.C31H22O/c1-3-11-23(12-4-1)31(24-13-5-2-6-14-24)25-19-21-26(22-20-25)34-29-17-9-7-15-27(29)32-28-16-8-10-18-30(28)35-33(32)34;1-3-11-23(12-4-1)31(24-13-5-2-6-14-24)25-19-21-26(22-20-25)32-27-15-7-8-16-28(27)34-29-17-9-10-18-30(29)35-33(32)34;1-3-11-23(12-4-1)31(24-13-5-2-6-14-24)25-19-21-26(22-20-25)34-29-17-9-10-18-30(29)35-28-16-8-7-15-27(28)33-32(34)35;1-3-9-23(10-4-1)31(24-11-5-2-6-12-24)25-17-15-22(16-18-25)26-19-20-28-27-13-7-8-14-29(27)32-30(28)21-26/h3*1-22,31H;1-21,31H. The zero-order valence-electron chi connectivity index (χ0n) is 75.0. The first kappa shape index (κ1) is 82.3. The first-order chi connectivity index (χ1) is 68.0. The van der Waals surface area contributed by atoms with Crippen molar-refractivity contribution >= 4 is 110 Å². The van der Waals surface area contributed by atoms with Crippen LogP contribution >= 0.6 is 0 Å². The van der Waals surface area contributed by atoms with Crippen molar-refractivity contribution in [3.05, 3.63) is 595 Å². The Labute approximate surface area is 793 Å². The van der Waals surface area contributed by atoms with Gasteiger partial charge in [0.1, 0.15) is 16.7 Å². The molecule has 0 unspecified atom stereocenters. The lowest BCUT2D eigenvalue weighted by molar-refractivity contribution is 0.645. The van der Waals surface area contributed by atoms with E-state index in [1.54, 1.807) is 0 Å². The molecule has 8 heteroatoms. The first-order valence-corrected chi connectivity index (χ1v) is 46.9. The molecule has 0 bridgehead atoms. The van der Waals surface area contributed by atoms with Gasteiger partial charge in [0.15, 0.2) is 5.58 Å². The maximum absolute atomic E-state index is 6.40. The number of imidazole rings is 2. The Morgan fingerprint density at radius 1 is 0.182 bits per heavy atom. The van der Waals surface area contributed by atoms with E-state index in [1.165, 1.54) is 94.0 Å². The Morgan fingerprint density at radius 2 is 0.504 bits per heavy atom. The molecule has 0 aliphatic rings. The van der Waals surface area contributed by atoms with E-state index in [0.29, 0.717) is 0 Å². The minimum absolute atomic E-state index is 0.180. The zero-order chi connectivity index (χ0) is 90.9. The highest BCUT2D eigenvalue weighted by molar-refractivity contribution is 6.20. The number of fused-ring (bicyclic) bond motifs is 18. The maximum Gasteiger partial charge on any atom is 0.220 e. The summed E-state index contributed by atoms with van der Waals surface area (Å²) in [6.45, 7) is 0. The van der Waals surface area contributed by atoms with Crippen LogP contribution < -0.4 is 0 Å². The Kier molecular flexibility index (Phi) is 21.9. The van der Waals surface area contributed by atoms with Crippen LogP contribution in [-0.2, 0) is 0 Å². The van der Waals surface area contributed by atoms with Gasteiger partial charge < -0.3 is 13.3 Å². The van der Waals surface area contributed by atoms with E-state index in [0.717, 1.165) is 117 Å². The highest BCUT2D eigenvalue weighted by Gasteiger charge is 2.27. The van der Waals surface area contributed by atoms with Crippen LogP contribution in [0.25, 0.3) is 144 Å². The molecule has 0 saturated carbocycles. The fourth-order valence-corrected chi connectivity index (χ4v) is 20.7. The number of para-hydroxylation sites is 10. The van der Waals surface area contributed by atoms with Crippen molar-refractivity contribution in [1.29, 1.82) is 0 Å². The van der Waals surface area contributed by atoms with E-state index in [9.17, 15) is 0 Å². The average Bonchev–Trinajstić information content (AvgIpc) is 1.57. The molecule has 137 heavy (non-hydrogen) atoms. The Hall–Kier alpha value is -17.9. The van der Waals surface area contributed by atoms with Gasteiger partial charge in [-0.05, 0) is 181 Å². The van der Waals surface area contributed by atoms with Gasteiger partial charge in [0.2, 0.25) is 17.2 Å². The molecule has 27 rings (SSSR count). The number of hydrogen-bond acceptors (Lipinski definition) is 4. The molecule has 0 atom stereocenters. The van der Waals surface area contributed by atoms with Crippen molar-refractivity contribution in [2.24, 2.45) is 0 Å². The summed E-state index contributed by atoms with van der Waals surface area (Å²) >= 11 is 0. The van der Waals surface area contributed by atoms with Crippen LogP contribution in [0.2, 0.25) is 0 Å². The van der Waals surface area contributed by atoms with Gasteiger partial charge in [0.25, 0.3) is 0 Å². The van der Waals surface area contributed by atoms with Crippen LogP contribution in [0.5, 0.6) is 0 Å². The van der Waals surface area contributed by atoms with Crippen LogP contribution in [0, 0.1) is 0 Å². The van der Waals surface area contributed by atoms with Crippen LogP contribution in [-0.4, -0.2) is 22.9 Å². The fourth-order valence-electron chi connectivity index (χ4n) is 20.7. The molecule has 0 spiro atoms. The molecule has 0 N–H and O–H groups in total. The van der Waals surface area contributed by atoms with Gasteiger partial charge in [0, 0.05) is 62.0 Å². The number of nitrogens with zero attached hydrogens (tertiary/aromatic N) is 5. The normalized spacial score (nSPS) is 11.6. The molecule has 7 heterocycles. The van der Waals surface area contributed by atoms with Gasteiger partial charge in [-0.15, -0.1) is 0 Å². The Balaban J connectivity index is 0.0000000997. The lowest BCUT2D eigenvalue weighted by Gasteiger charge is -2.19. The number of aromatic nitrogens is 5. The summed E-state index contributed by atoms with van der Waals surface area (Å²) in [4.78, 5) is 5.01. The van der Waals surface area contributed by atoms with Crippen molar-refractivity contribution in [3.63, 3.8) is 0 Å². The second-order valence-corrected chi connectivity index (χ2v) is 35.0. The summed E-state index contributed by atoms with van der Waals surface area (Å²) in [5.41, 5.74) is 35.6. The van der Waals surface area contributed by atoms with Crippen molar-refractivity contribution in [2.75, 3.05) is 0 Å². The topological polar surface area (TPSA) is 71.0 Å². The number of rotatable bonds is 16. The highest BCUT2D eigenvalue weighted by Crippen LogP contribution is 2.45. The van der Waals surface area contributed by atoms with E-state index in [1.807, 2.05) is 42.5 Å². The summed E-state index contributed by atoms with van der Waals surface area (Å²) in [6.07, 6.45) is 0. The molecule has 0 fully saturated rings. The molecule has 650 valence electrons. The van der Waals surface area contributed by atoms with E-state index in [4.69, 9.17) is 18.2 Å². The molecule has 0 radical (unpaired) electrons. The van der Waals surface area contributed by atoms with Crippen LogP contribution in [0.15, 0.2) is 541 Å². The summed E-state index contributed by atoms with van der Waals surface area (Å²) in [6, 6.07) is 187. The third kappa shape index (κ3) is 15.6. The summed E-state index contributed by atoms with van der Waals surface area (Å²) < 4.78 is 27.9. The van der Waals surface area contributed by atoms with Crippen molar-refractivity contribution in [3.8, 4) is 33.6 Å². The number of hydrogen-bond donors (Lipinski definition) is 0. The lowest BCUT2D eigenvalue weighted by atomic mass is 9.84. The predicted molar refractivity (Wildman–Crippen MR) is 565 cm³/mol. The Morgan fingerprint density at radius 3 is 0.978 bits per heavy atom. The van der Waals surface area contributed by atoms with Gasteiger partial charge in [-0.1, -0.05) is 431 Å². The second kappa shape index (κ2) is 36.4. The average molecular weight is 1760 g/mol. The van der Waals surface area contributed by atoms with E-state index < -0.39 is 0 Å². The largest absolute Gasteiger partial charge is 0.456 e. The minimum Gasteiger partial charge on any atom is -0.456 e. The molecule has 0 saturated heterocycles. The second-order valence-electron chi connectivity index (χ2n) is 35.0. The smallest absolute Gasteiger partial charge is 0.220 e. The molecule has 0 aliphatic heterocycles. The van der Waals surface area contributed by atoms with E-state index in [2.05, 4.69) is 503 Å². The van der Waals surface area contributed by atoms with Crippen LogP contribution in [0.1, 0.15) is 90.4 Å². The number of oxazole rings is 1. The summed E-state index contributed by atoms with van der Waals surface area (Å²) in [5.74, 6) is 1.69. The maximum atomic E-state index is 6.40. The van der Waals surface area contributed by atoms with Crippen molar-refractivity contribution < 1.29 is 13.3 Å². The quantitative estimate of drug-likeness (QED) is 0.0904. The first-order valence-electron chi connectivity index (χ1n) is 46.9. The van der Waals surface area contributed by atoms with Gasteiger partial charge in [0.05, 0.1) is 49.6 Å². The minimum atomic E-state index is 0.180. The SMILES string of the molecule is c1ccc(C(c2ccccc2)c2ccc(-c3c4ccccc4n4c3oc3ccccc34)cc2)cc1.c1ccc(C(c2ccccc2)c2ccc(-c3ccc4c(c3)oc3ccccc34)cc2)cc1.c1ccc(C(c2ccccc2)c2ccc(-n3c4ccccc4c4c5ccccc5oc43)cc2)cc1.c1ccc(C(c2ccccc2)c2ccc(-n3c4ccccc4n4c5ccccc5nc34)cc2)cc1. The molecule has 8 nitrogen and oxygen atoms in total. The molecular formula is C129H91N5O3. The summed E-state index contributed by atoms with van der Waals surface area (Å²) in [7, 11) is 0. The zero-order valence-corrected chi connectivity index (χ0v) is 75.0. The Bertz CT molecular complexity index is 8110. The van der Waals surface area contributed by atoms with Crippen molar-refractivity contribution in [1.82, 2.24) is 22.9 Å².